The summed E-state index contributed by atoms with van der Waals surface area (Å²) in [6.07, 6.45) is -3.07. The van der Waals surface area contributed by atoms with Crippen molar-refractivity contribution < 1.29 is 17.9 Å². The average Bonchev–Trinajstić information content (AvgIpc) is 3.01. The number of benzene rings is 1. The molecule has 0 bridgehead atoms. The Morgan fingerprint density at radius 3 is 2.83 bits per heavy atom. The molecule has 0 saturated carbocycles. The number of nitrogens with one attached hydrogen (secondary N) is 2. The molecule has 1 unspecified atom stereocenters. The summed E-state index contributed by atoms with van der Waals surface area (Å²) in [6.45, 7) is 0.666. The minimum absolute atomic E-state index is 0. The van der Waals surface area contributed by atoms with Crippen LogP contribution in [0.2, 0.25) is 0 Å². The summed E-state index contributed by atoms with van der Waals surface area (Å²) in [5, 5.41) is 7.56. The van der Waals surface area contributed by atoms with E-state index in [-0.39, 0.29) is 30.2 Å². The number of H-pyrrole nitrogens is 1. The fourth-order valence-corrected chi connectivity index (χ4v) is 2.70. The highest BCUT2D eigenvalue weighted by Crippen LogP contribution is 2.32. The molecule has 1 aromatic carbocycles. The first-order chi connectivity index (χ1) is 10.3. The molecule has 23 heavy (non-hydrogen) atoms. The lowest BCUT2D eigenvalue weighted by Crippen LogP contribution is -2.36. The smallest absolute Gasteiger partial charge is 0.406 e. The van der Waals surface area contributed by atoms with Gasteiger partial charge in [0.05, 0.1) is 17.1 Å². The van der Waals surface area contributed by atoms with Gasteiger partial charge in [0, 0.05) is 12.6 Å². The van der Waals surface area contributed by atoms with Crippen molar-refractivity contribution >= 4 is 29.4 Å². The Morgan fingerprint density at radius 2 is 2.17 bits per heavy atom. The van der Waals surface area contributed by atoms with E-state index in [2.05, 4.69) is 14.7 Å². The molecule has 1 aliphatic rings. The molecule has 0 aliphatic carbocycles. The summed E-state index contributed by atoms with van der Waals surface area (Å²) < 4.78 is 40.6. The van der Waals surface area contributed by atoms with Crippen LogP contribution in [0, 0.1) is 5.41 Å². The standard InChI is InChI=1S/C13H14F3N5O.ClH/c14-13(15,16)22-7-3-4-8-9(6-7)20-11(19-8)10-2-1-5-21(10)12(17)18;/h3-4,6,10H,1-2,5H2,(H3,17,18)(H,19,20);1H. The molecule has 6 nitrogen and oxygen atoms in total. The fraction of sp³-hybridized carbons (Fsp3) is 0.385. The summed E-state index contributed by atoms with van der Waals surface area (Å²) in [5.41, 5.74) is 6.53. The Bertz CT molecular complexity index is 717. The minimum Gasteiger partial charge on any atom is -0.406 e. The second kappa shape index (κ2) is 6.15. The van der Waals surface area contributed by atoms with E-state index < -0.39 is 6.36 Å². The fourth-order valence-electron chi connectivity index (χ4n) is 2.70. The van der Waals surface area contributed by atoms with Gasteiger partial charge < -0.3 is 20.4 Å². The third kappa shape index (κ3) is 3.61. The molecule has 1 aliphatic heterocycles. The minimum atomic E-state index is -4.73. The van der Waals surface area contributed by atoms with Crippen LogP contribution < -0.4 is 10.5 Å². The van der Waals surface area contributed by atoms with E-state index in [9.17, 15) is 13.2 Å². The van der Waals surface area contributed by atoms with Crippen LogP contribution in [-0.2, 0) is 0 Å². The van der Waals surface area contributed by atoms with Gasteiger partial charge >= 0.3 is 6.36 Å². The molecule has 1 atom stereocenters. The molecule has 0 spiro atoms. The first kappa shape index (κ1) is 17.2. The predicted molar refractivity (Wildman–Crippen MR) is 80.6 cm³/mol. The average molecular weight is 350 g/mol. The van der Waals surface area contributed by atoms with E-state index >= 15 is 0 Å². The Labute approximate surface area is 135 Å². The monoisotopic (exact) mass is 349 g/mol. The second-order valence-electron chi connectivity index (χ2n) is 5.09. The molecular formula is C13H15ClF3N5O. The molecule has 0 radical (unpaired) electrons. The van der Waals surface area contributed by atoms with Gasteiger partial charge in [-0.25, -0.2) is 4.98 Å². The lowest BCUT2D eigenvalue weighted by Gasteiger charge is -2.22. The van der Waals surface area contributed by atoms with E-state index in [4.69, 9.17) is 11.1 Å². The zero-order valence-electron chi connectivity index (χ0n) is 11.9. The number of ether oxygens (including phenoxy) is 1. The number of halogens is 4. The predicted octanol–water partition coefficient (Wildman–Crippen LogP) is 2.91. The van der Waals surface area contributed by atoms with Gasteiger partial charge in [-0.1, -0.05) is 0 Å². The molecule has 10 heteroatoms. The third-order valence-corrected chi connectivity index (χ3v) is 3.58. The summed E-state index contributed by atoms with van der Waals surface area (Å²) in [5.74, 6) is 0.240. The van der Waals surface area contributed by atoms with Gasteiger partial charge in [0.15, 0.2) is 5.96 Å². The lowest BCUT2D eigenvalue weighted by molar-refractivity contribution is -0.274. The summed E-state index contributed by atoms with van der Waals surface area (Å²) in [4.78, 5) is 9.10. The second-order valence-corrected chi connectivity index (χ2v) is 5.09. The number of alkyl halides is 3. The van der Waals surface area contributed by atoms with Crippen molar-refractivity contribution in [2.75, 3.05) is 6.54 Å². The van der Waals surface area contributed by atoms with Gasteiger partial charge in [-0.05, 0) is 25.0 Å². The molecular weight excluding hydrogens is 335 g/mol. The largest absolute Gasteiger partial charge is 0.573 e. The molecule has 2 heterocycles. The van der Waals surface area contributed by atoms with Crippen LogP contribution in [0.25, 0.3) is 11.0 Å². The summed E-state index contributed by atoms with van der Waals surface area (Å²) in [7, 11) is 0. The normalized spacial score (nSPS) is 18.0. The lowest BCUT2D eigenvalue weighted by atomic mass is 10.2. The van der Waals surface area contributed by atoms with Gasteiger partial charge in [0.1, 0.15) is 11.6 Å². The molecule has 4 N–H and O–H groups in total. The van der Waals surface area contributed by atoms with Crippen LogP contribution in [0.5, 0.6) is 5.75 Å². The highest BCUT2D eigenvalue weighted by atomic mass is 35.5. The summed E-state index contributed by atoms with van der Waals surface area (Å²) in [6, 6.07) is 3.79. The maximum atomic E-state index is 12.2. The van der Waals surface area contributed by atoms with Gasteiger partial charge in [-0.2, -0.15) is 0 Å². The van der Waals surface area contributed by atoms with Crippen LogP contribution in [0.15, 0.2) is 18.2 Å². The summed E-state index contributed by atoms with van der Waals surface area (Å²) >= 11 is 0. The zero-order valence-corrected chi connectivity index (χ0v) is 12.7. The Kier molecular flexibility index (Phi) is 4.60. The van der Waals surface area contributed by atoms with Crippen LogP contribution in [-0.4, -0.2) is 33.7 Å². The van der Waals surface area contributed by atoms with Crippen molar-refractivity contribution in [3.63, 3.8) is 0 Å². The molecule has 126 valence electrons. The van der Waals surface area contributed by atoms with Crippen LogP contribution in [0.4, 0.5) is 13.2 Å². The molecule has 1 aromatic heterocycles. The number of nitrogens with two attached hydrogens (primary N) is 1. The van der Waals surface area contributed by atoms with Crippen molar-refractivity contribution in [3.05, 3.63) is 24.0 Å². The van der Waals surface area contributed by atoms with Gasteiger partial charge in [0.25, 0.3) is 0 Å². The Balaban J connectivity index is 0.00000192. The Hall–Kier alpha value is -2.16. The first-order valence-electron chi connectivity index (χ1n) is 6.69. The SMILES string of the molecule is Cl.N=C(N)N1CCCC1c1nc2cc(OC(F)(F)F)ccc2[nH]1. The van der Waals surface area contributed by atoms with Crippen LogP contribution >= 0.6 is 12.4 Å². The third-order valence-electron chi connectivity index (χ3n) is 3.58. The number of nitrogens with zero attached hydrogens (tertiary/aromatic N) is 2. The first-order valence-corrected chi connectivity index (χ1v) is 6.69. The van der Waals surface area contributed by atoms with E-state index in [1.54, 1.807) is 4.90 Å². The van der Waals surface area contributed by atoms with Crippen molar-refractivity contribution in [3.8, 4) is 5.75 Å². The van der Waals surface area contributed by atoms with Crippen molar-refractivity contribution in [2.45, 2.75) is 25.2 Å². The van der Waals surface area contributed by atoms with Crippen molar-refractivity contribution in [1.82, 2.24) is 14.9 Å². The number of hydrogen-bond acceptors (Lipinski definition) is 3. The number of aromatic amines is 1. The number of likely N-dealkylation sites (tertiary alicyclic amines) is 1. The highest BCUT2D eigenvalue weighted by Gasteiger charge is 2.32. The van der Waals surface area contributed by atoms with E-state index in [0.29, 0.717) is 23.4 Å². The highest BCUT2D eigenvalue weighted by molar-refractivity contribution is 5.85. The van der Waals surface area contributed by atoms with E-state index in [1.807, 2.05) is 0 Å². The van der Waals surface area contributed by atoms with Crippen molar-refractivity contribution in [1.29, 1.82) is 5.41 Å². The maximum Gasteiger partial charge on any atom is 0.573 e. The molecule has 1 saturated heterocycles. The number of aromatic nitrogens is 2. The number of hydrogen-bond donors (Lipinski definition) is 3. The number of guanidine groups is 1. The Morgan fingerprint density at radius 1 is 1.43 bits per heavy atom. The molecule has 3 rings (SSSR count). The topological polar surface area (TPSA) is 91.0 Å². The van der Waals surface area contributed by atoms with E-state index in [1.165, 1.54) is 18.2 Å². The zero-order chi connectivity index (χ0) is 15.9. The van der Waals surface area contributed by atoms with Crippen LogP contribution in [0.1, 0.15) is 24.7 Å². The molecule has 2 aromatic rings. The van der Waals surface area contributed by atoms with E-state index in [0.717, 1.165) is 12.8 Å². The van der Waals surface area contributed by atoms with Gasteiger partial charge in [0.2, 0.25) is 0 Å². The number of rotatable bonds is 2. The quantitative estimate of drug-likeness (QED) is 0.574. The van der Waals surface area contributed by atoms with Crippen molar-refractivity contribution in [2.24, 2.45) is 5.73 Å². The number of imidazole rings is 1. The van der Waals surface area contributed by atoms with Gasteiger partial charge in [-0.15, -0.1) is 25.6 Å². The van der Waals surface area contributed by atoms with Crippen LogP contribution in [0.3, 0.4) is 0 Å². The van der Waals surface area contributed by atoms with Gasteiger partial charge in [-0.3, -0.25) is 5.41 Å². The molecule has 1 fully saturated rings. The maximum absolute atomic E-state index is 12.2. The number of fused-ring (bicyclic) bond motifs is 1. The molecule has 0 amide bonds.